The standard InChI is InChI=1S/C5H9NOS/c7-8-5-3-1-2-4-6-8/h1,3,6H,2,4-5H2. The zero-order valence-electron chi connectivity index (χ0n) is 4.59. The molecular weight excluding hydrogens is 122 g/mol. The molecule has 3 heteroatoms. The molecule has 1 aliphatic heterocycles. The van der Waals surface area contributed by atoms with E-state index in [1.807, 2.05) is 6.08 Å². The zero-order chi connectivity index (χ0) is 5.82. The highest BCUT2D eigenvalue weighted by Gasteiger charge is 1.96. The van der Waals surface area contributed by atoms with Gasteiger partial charge in [-0.1, -0.05) is 12.2 Å². The lowest BCUT2D eigenvalue weighted by Crippen LogP contribution is -2.17. The van der Waals surface area contributed by atoms with Crippen molar-refractivity contribution in [3.8, 4) is 0 Å². The maximum absolute atomic E-state index is 10.6. The van der Waals surface area contributed by atoms with Crippen molar-refractivity contribution in [1.82, 2.24) is 4.72 Å². The Labute approximate surface area is 51.6 Å². The Bertz CT molecular complexity index is 122. The van der Waals surface area contributed by atoms with Crippen molar-refractivity contribution in [3.05, 3.63) is 12.2 Å². The quantitative estimate of drug-likeness (QED) is 0.467. The van der Waals surface area contributed by atoms with Gasteiger partial charge in [0.25, 0.3) is 0 Å². The predicted molar refractivity (Wildman–Crippen MR) is 34.8 cm³/mol. The van der Waals surface area contributed by atoms with Gasteiger partial charge in [-0.05, 0) is 6.42 Å². The molecule has 0 spiro atoms. The fourth-order valence-corrected chi connectivity index (χ4v) is 1.36. The van der Waals surface area contributed by atoms with E-state index in [1.165, 1.54) is 0 Å². The number of nitrogens with one attached hydrogen (secondary N) is 1. The van der Waals surface area contributed by atoms with Gasteiger partial charge in [0.2, 0.25) is 0 Å². The second-order valence-electron chi connectivity index (χ2n) is 1.67. The van der Waals surface area contributed by atoms with E-state index >= 15 is 0 Å². The van der Waals surface area contributed by atoms with Crippen LogP contribution in [0.4, 0.5) is 0 Å². The molecule has 2 nitrogen and oxygen atoms in total. The Hall–Kier alpha value is -0.150. The van der Waals surface area contributed by atoms with E-state index < -0.39 is 11.0 Å². The SMILES string of the molecule is O=S1CC=CCCN1. The molecule has 1 rings (SSSR count). The predicted octanol–water partition coefficient (Wildman–Crippen LogP) is 0.200. The van der Waals surface area contributed by atoms with Crippen LogP contribution in [0.15, 0.2) is 12.2 Å². The van der Waals surface area contributed by atoms with Crippen molar-refractivity contribution in [2.75, 3.05) is 12.3 Å². The second-order valence-corrected chi connectivity index (χ2v) is 2.98. The molecule has 0 radical (unpaired) electrons. The van der Waals surface area contributed by atoms with E-state index in [4.69, 9.17) is 0 Å². The maximum Gasteiger partial charge on any atom is 0.0954 e. The summed E-state index contributed by atoms with van der Waals surface area (Å²) in [6.07, 6.45) is 5.01. The summed E-state index contributed by atoms with van der Waals surface area (Å²) in [5.74, 6) is 0.667. The van der Waals surface area contributed by atoms with Gasteiger partial charge in [-0.25, -0.2) is 8.93 Å². The molecule has 0 fully saturated rings. The molecule has 1 aliphatic rings. The third-order valence-electron chi connectivity index (χ3n) is 0.988. The van der Waals surface area contributed by atoms with Crippen molar-refractivity contribution in [2.24, 2.45) is 0 Å². The highest BCUT2D eigenvalue weighted by molar-refractivity contribution is 7.83. The van der Waals surface area contributed by atoms with Crippen molar-refractivity contribution in [2.45, 2.75) is 6.42 Å². The number of hydrogen-bond donors (Lipinski definition) is 1. The molecule has 1 unspecified atom stereocenters. The van der Waals surface area contributed by atoms with Crippen LogP contribution in [0.25, 0.3) is 0 Å². The molecular formula is C5H9NOS. The first-order valence-electron chi connectivity index (χ1n) is 2.66. The van der Waals surface area contributed by atoms with Crippen LogP contribution >= 0.6 is 0 Å². The van der Waals surface area contributed by atoms with E-state index in [0.29, 0.717) is 5.75 Å². The normalized spacial score (nSPS) is 29.8. The summed E-state index contributed by atoms with van der Waals surface area (Å²) in [4.78, 5) is 0. The third-order valence-corrected chi connectivity index (χ3v) is 2.01. The summed E-state index contributed by atoms with van der Waals surface area (Å²) in [6, 6.07) is 0. The van der Waals surface area contributed by atoms with E-state index in [2.05, 4.69) is 10.8 Å². The second kappa shape index (κ2) is 2.99. The first-order chi connectivity index (χ1) is 3.89. The molecule has 8 heavy (non-hydrogen) atoms. The average molecular weight is 131 g/mol. The van der Waals surface area contributed by atoms with Crippen molar-refractivity contribution >= 4 is 11.0 Å². The van der Waals surface area contributed by atoms with Crippen LogP contribution in [-0.2, 0) is 11.0 Å². The van der Waals surface area contributed by atoms with Crippen LogP contribution < -0.4 is 4.72 Å². The van der Waals surface area contributed by atoms with E-state index in [0.717, 1.165) is 13.0 Å². The summed E-state index contributed by atoms with van der Waals surface area (Å²) in [6.45, 7) is 0.850. The van der Waals surface area contributed by atoms with Crippen molar-refractivity contribution in [1.29, 1.82) is 0 Å². The zero-order valence-corrected chi connectivity index (χ0v) is 5.41. The Morgan fingerprint density at radius 1 is 1.50 bits per heavy atom. The minimum Gasteiger partial charge on any atom is -0.243 e. The monoisotopic (exact) mass is 131 g/mol. The number of hydrogen-bond acceptors (Lipinski definition) is 1. The van der Waals surface area contributed by atoms with E-state index in [-0.39, 0.29) is 0 Å². The Morgan fingerprint density at radius 2 is 2.38 bits per heavy atom. The lowest BCUT2D eigenvalue weighted by Gasteiger charge is -1.93. The molecule has 1 atom stereocenters. The van der Waals surface area contributed by atoms with Crippen LogP contribution in [0, 0.1) is 0 Å². The third kappa shape index (κ3) is 1.76. The van der Waals surface area contributed by atoms with Gasteiger partial charge in [-0.2, -0.15) is 0 Å². The van der Waals surface area contributed by atoms with Crippen LogP contribution in [0.2, 0.25) is 0 Å². The molecule has 0 aromatic carbocycles. The van der Waals surface area contributed by atoms with E-state index in [9.17, 15) is 4.21 Å². The largest absolute Gasteiger partial charge is 0.243 e. The van der Waals surface area contributed by atoms with Gasteiger partial charge in [0, 0.05) is 6.54 Å². The van der Waals surface area contributed by atoms with Gasteiger partial charge in [-0.3, -0.25) is 0 Å². The Morgan fingerprint density at radius 3 is 3.25 bits per heavy atom. The maximum atomic E-state index is 10.6. The van der Waals surface area contributed by atoms with Crippen molar-refractivity contribution < 1.29 is 4.21 Å². The van der Waals surface area contributed by atoms with Gasteiger partial charge >= 0.3 is 0 Å². The molecule has 0 aromatic heterocycles. The fraction of sp³-hybridized carbons (Fsp3) is 0.600. The highest BCUT2D eigenvalue weighted by Crippen LogP contribution is 1.89. The number of rotatable bonds is 0. The minimum absolute atomic E-state index is 0.667. The average Bonchev–Trinajstić information content (AvgIpc) is 1.94. The molecule has 1 heterocycles. The Kier molecular flexibility index (Phi) is 2.24. The molecule has 0 aliphatic carbocycles. The van der Waals surface area contributed by atoms with Gasteiger partial charge in [-0.15, -0.1) is 0 Å². The van der Waals surface area contributed by atoms with Gasteiger partial charge < -0.3 is 0 Å². The summed E-state index contributed by atoms with van der Waals surface area (Å²) < 4.78 is 13.5. The molecule has 0 aromatic rings. The molecule has 0 bridgehead atoms. The molecule has 0 saturated carbocycles. The lowest BCUT2D eigenvalue weighted by atomic mass is 10.4. The molecule has 1 N–H and O–H groups in total. The van der Waals surface area contributed by atoms with E-state index in [1.54, 1.807) is 0 Å². The van der Waals surface area contributed by atoms with Crippen molar-refractivity contribution in [3.63, 3.8) is 0 Å². The minimum atomic E-state index is -0.794. The molecule has 0 saturated heterocycles. The Balaban J connectivity index is 2.41. The fourth-order valence-electron chi connectivity index (χ4n) is 0.588. The first kappa shape index (κ1) is 5.98. The van der Waals surface area contributed by atoms with Crippen LogP contribution in [0.5, 0.6) is 0 Å². The van der Waals surface area contributed by atoms with Gasteiger partial charge in [0.1, 0.15) is 0 Å². The van der Waals surface area contributed by atoms with Gasteiger partial charge in [0.15, 0.2) is 0 Å². The molecule has 46 valence electrons. The van der Waals surface area contributed by atoms with Crippen LogP contribution in [0.1, 0.15) is 6.42 Å². The summed E-state index contributed by atoms with van der Waals surface area (Å²) in [5.41, 5.74) is 0. The summed E-state index contributed by atoms with van der Waals surface area (Å²) in [5, 5.41) is 0. The van der Waals surface area contributed by atoms with Crippen LogP contribution in [-0.4, -0.2) is 16.5 Å². The molecule has 0 amide bonds. The van der Waals surface area contributed by atoms with Gasteiger partial charge in [0.05, 0.1) is 16.7 Å². The topological polar surface area (TPSA) is 29.1 Å². The highest BCUT2D eigenvalue weighted by atomic mass is 32.2. The van der Waals surface area contributed by atoms with Crippen LogP contribution in [0.3, 0.4) is 0 Å². The smallest absolute Gasteiger partial charge is 0.0954 e. The first-order valence-corrected chi connectivity index (χ1v) is 3.98. The lowest BCUT2D eigenvalue weighted by molar-refractivity contribution is 0.675. The summed E-state index contributed by atoms with van der Waals surface area (Å²) >= 11 is 0. The summed E-state index contributed by atoms with van der Waals surface area (Å²) in [7, 11) is -0.794.